The first-order chi connectivity index (χ1) is 9.42. The van der Waals surface area contributed by atoms with Crippen molar-refractivity contribution in [2.45, 2.75) is 71.9 Å². The first kappa shape index (κ1) is 17.9. The molecule has 0 heterocycles. The van der Waals surface area contributed by atoms with E-state index in [4.69, 9.17) is 4.74 Å². The van der Waals surface area contributed by atoms with Crippen molar-refractivity contribution in [1.29, 1.82) is 0 Å². The highest BCUT2D eigenvalue weighted by Gasteiger charge is 2.40. The molecule has 0 aromatic rings. The summed E-state index contributed by atoms with van der Waals surface area (Å²) in [4.78, 5) is 2.46. The molecule has 3 heteroatoms. The zero-order valence-electron chi connectivity index (χ0n) is 14.2. The van der Waals surface area contributed by atoms with Crippen LogP contribution in [0.1, 0.15) is 59.8 Å². The number of rotatable bonds is 8. The summed E-state index contributed by atoms with van der Waals surface area (Å²) in [5, 5.41) is 10.0. The predicted molar refractivity (Wildman–Crippen MR) is 84.9 cm³/mol. The van der Waals surface area contributed by atoms with Crippen LogP contribution in [0.5, 0.6) is 0 Å². The lowest BCUT2D eigenvalue weighted by atomic mass is 9.66. The van der Waals surface area contributed by atoms with Crippen LogP contribution in [0.25, 0.3) is 0 Å². The summed E-state index contributed by atoms with van der Waals surface area (Å²) >= 11 is 0. The van der Waals surface area contributed by atoms with Gasteiger partial charge in [-0.3, -0.25) is 0 Å². The summed E-state index contributed by atoms with van der Waals surface area (Å²) in [6.45, 7) is 11.8. The fraction of sp³-hybridized carbons (Fsp3) is 1.00. The van der Waals surface area contributed by atoms with Gasteiger partial charge in [-0.2, -0.15) is 0 Å². The van der Waals surface area contributed by atoms with Crippen molar-refractivity contribution in [3.05, 3.63) is 0 Å². The van der Waals surface area contributed by atoms with Gasteiger partial charge in [-0.05, 0) is 51.0 Å². The van der Waals surface area contributed by atoms with E-state index in [9.17, 15) is 5.11 Å². The largest absolute Gasteiger partial charge is 0.393 e. The van der Waals surface area contributed by atoms with Crippen molar-refractivity contribution in [3.63, 3.8) is 0 Å². The number of nitrogens with zero attached hydrogens (tertiary/aromatic N) is 1. The Labute approximate surface area is 125 Å². The average Bonchev–Trinajstić information content (AvgIpc) is 2.43. The first-order valence-electron chi connectivity index (χ1n) is 8.38. The molecule has 3 atom stereocenters. The summed E-state index contributed by atoms with van der Waals surface area (Å²) in [6, 6.07) is 0.510. The highest BCUT2D eigenvalue weighted by Crippen LogP contribution is 2.42. The van der Waals surface area contributed by atoms with Gasteiger partial charge in [0, 0.05) is 25.8 Å². The Kier molecular flexibility index (Phi) is 7.49. The minimum atomic E-state index is -0.113. The van der Waals surface area contributed by atoms with Crippen LogP contribution in [-0.2, 0) is 4.74 Å². The van der Waals surface area contributed by atoms with E-state index in [1.807, 2.05) is 6.92 Å². The van der Waals surface area contributed by atoms with Gasteiger partial charge < -0.3 is 14.7 Å². The minimum absolute atomic E-state index is 0.113. The quantitative estimate of drug-likeness (QED) is 0.695. The van der Waals surface area contributed by atoms with E-state index >= 15 is 0 Å². The molecule has 1 rings (SSSR count). The van der Waals surface area contributed by atoms with Crippen LogP contribution in [0.4, 0.5) is 0 Å². The topological polar surface area (TPSA) is 32.7 Å². The van der Waals surface area contributed by atoms with Crippen LogP contribution >= 0.6 is 0 Å². The van der Waals surface area contributed by atoms with Crippen molar-refractivity contribution in [2.75, 3.05) is 26.8 Å². The van der Waals surface area contributed by atoms with Crippen LogP contribution in [0, 0.1) is 11.3 Å². The lowest BCUT2D eigenvalue weighted by molar-refractivity contribution is -0.0115. The van der Waals surface area contributed by atoms with Crippen LogP contribution in [-0.4, -0.2) is 49.0 Å². The van der Waals surface area contributed by atoms with Gasteiger partial charge in [0.1, 0.15) is 0 Å². The van der Waals surface area contributed by atoms with Crippen molar-refractivity contribution in [1.82, 2.24) is 4.90 Å². The summed E-state index contributed by atoms with van der Waals surface area (Å²) < 4.78 is 5.43. The molecule has 120 valence electrons. The second kappa shape index (κ2) is 8.35. The highest BCUT2D eigenvalue weighted by atomic mass is 16.5. The third-order valence-electron chi connectivity index (χ3n) is 5.27. The standard InChI is InChI=1S/C17H35NO2/c1-6-17(3,4)15-10-9-14(19)13-16(15)18(5)11-8-12-20-7-2/h14-16,19H,6-13H2,1-5H3. The Bertz CT molecular complexity index is 268. The smallest absolute Gasteiger partial charge is 0.0555 e. The summed E-state index contributed by atoms with van der Waals surface area (Å²) in [6.07, 6.45) is 5.23. The molecule has 0 aliphatic heterocycles. The molecule has 0 radical (unpaired) electrons. The molecule has 0 aromatic heterocycles. The third kappa shape index (κ3) is 5.01. The molecule has 0 spiro atoms. The fourth-order valence-corrected chi connectivity index (χ4v) is 3.51. The number of hydrogen-bond donors (Lipinski definition) is 1. The molecule has 0 aromatic carbocycles. The van der Waals surface area contributed by atoms with E-state index in [-0.39, 0.29) is 6.10 Å². The zero-order valence-corrected chi connectivity index (χ0v) is 14.2. The summed E-state index contributed by atoms with van der Waals surface area (Å²) in [5.74, 6) is 0.688. The molecule has 3 nitrogen and oxygen atoms in total. The molecule has 1 N–H and O–H groups in total. The Morgan fingerprint density at radius 2 is 1.95 bits per heavy atom. The lowest BCUT2D eigenvalue weighted by Crippen LogP contribution is -2.49. The van der Waals surface area contributed by atoms with E-state index < -0.39 is 0 Å². The van der Waals surface area contributed by atoms with Gasteiger partial charge in [-0.15, -0.1) is 0 Å². The number of ether oxygens (including phenoxy) is 1. The SMILES string of the molecule is CCOCCCN(C)C1CC(O)CCC1C(C)(C)CC. The lowest BCUT2D eigenvalue weighted by Gasteiger charge is -2.47. The molecule has 20 heavy (non-hydrogen) atoms. The molecule has 0 bridgehead atoms. The van der Waals surface area contributed by atoms with Crippen molar-refractivity contribution in [3.8, 4) is 0 Å². The maximum Gasteiger partial charge on any atom is 0.0555 e. The number of hydrogen-bond acceptors (Lipinski definition) is 3. The molecule has 1 saturated carbocycles. The molecule has 0 amide bonds. The van der Waals surface area contributed by atoms with E-state index in [0.29, 0.717) is 17.4 Å². The van der Waals surface area contributed by atoms with Gasteiger partial charge in [-0.1, -0.05) is 27.2 Å². The van der Waals surface area contributed by atoms with Crippen LogP contribution in [0.3, 0.4) is 0 Å². The minimum Gasteiger partial charge on any atom is -0.393 e. The van der Waals surface area contributed by atoms with Crippen molar-refractivity contribution < 1.29 is 9.84 Å². The maximum atomic E-state index is 10.0. The van der Waals surface area contributed by atoms with Gasteiger partial charge in [-0.25, -0.2) is 0 Å². The van der Waals surface area contributed by atoms with E-state index in [1.54, 1.807) is 0 Å². The van der Waals surface area contributed by atoms with Crippen LogP contribution in [0.2, 0.25) is 0 Å². The van der Waals surface area contributed by atoms with Crippen LogP contribution in [0.15, 0.2) is 0 Å². The predicted octanol–water partition coefficient (Wildman–Crippen LogP) is 3.31. The third-order valence-corrected chi connectivity index (χ3v) is 5.27. The summed E-state index contributed by atoms with van der Waals surface area (Å²) in [7, 11) is 2.22. The van der Waals surface area contributed by atoms with E-state index in [1.165, 1.54) is 6.42 Å². The van der Waals surface area contributed by atoms with Crippen molar-refractivity contribution in [2.24, 2.45) is 11.3 Å². The van der Waals surface area contributed by atoms with Gasteiger partial charge in [0.15, 0.2) is 0 Å². The Balaban J connectivity index is 2.60. The monoisotopic (exact) mass is 285 g/mol. The Hall–Kier alpha value is -0.120. The van der Waals surface area contributed by atoms with Gasteiger partial charge in [0.25, 0.3) is 0 Å². The van der Waals surface area contributed by atoms with Crippen molar-refractivity contribution >= 4 is 0 Å². The average molecular weight is 285 g/mol. The van der Waals surface area contributed by atoms with E-state index in [0.717, 1.165) is 45.4 Å². The fourth-order valence-electron chi connectivity index (χ4n) is 3.51. The van der Waals surface area contributed by atoms with Gasteiger partial charge in [0.05, 0.1) is 6.10 Å². The normalized spacial score (nSPS) is 28.1. The molecule has 1 aliphatic carbocycles. The Morgan fingerprint density at radius 1 is 1.25 bits per heavy atom. The molecular weight excluding hydrogens is 250 g/mol. The van der Waals surface area contributed by atoms with Gasteiger partial charge >= 0.3 is 0 Å². The number of aliphatic hydroxyl groups excluding tert-OH is 1. The molecule has 0 saturated heterocycles. The first-order valence-corrected chi connectivity index (χ1v) is 8.38. The maximum absolute atomic E-state index is 10.0. The van der Waals surface area contributed by atoms with Crippen LogP contribution < -0.4 is 0 Å². The zero-order chi connectivity index (χ0) is 15.2. The highest BCUT2D eigenvalue weighted by molar-refractivity contribution is 4.92. The second-order valence-corrected chi connectivity index (χ2v) is 7.01. The molecule has 1 aliphatic rings. The van der Waals surface area contributed by atoms with E-state index in [2.05, 4.69) is 32.7 Å². The molecular formula is C17H35NO2. The molecule has 3 unspecified atom stereocenters. The number of aliphatic hydroxyl groups is 1. The Morgan fingerprint density at radius 3 is 2.55 bits per heavy atom. The second-order valence-electron chi connectivity index (χ2n) is 7.01. The summed E-state index contributed by atoms with van der Waals surface area (Å²) in [5.41, 5.74) is 0.360. The van der Waals surface area contributed by atoms with Gasteiger partial charge in [0.2, 0.25) is 0 Å². The molecule has 1 fully saturated rings.